The maximum Gasteiger partial charge on any atom is 0.171 e. The zero-order chi connectivity index (χ0) is 10.3. The number of rotatable bonds is 1. The molecule has 4 nitrogen and oxygen atoms in total. The van der Waals surface area contributed by atoms with Gasteiger partial charge in [0.2, 0.25) is 0 Å². The van der Waals surface area contributed by atoms with E-state index in [1.54, 1.807) is 0 Å². The van der Waals surface area contributed by atoms with Gasteiger partial charge in [0.1, 0.15) is 10.8 Å². The molecule has 0 aliphatic heterocycles. The fraction of sp³-hybridized carbons (Fsp3) is 0.125. The minimum Gasteiger partial charge on any atom is -0.296 e. The number of fused-ring (bicyclic) bond motifs is 1. The Morgan fingerprint density at radius 3 is 3.00 bits per heavy atom. The van der Waals surface area contributed by atoms with E-state index in [0.717, 1.165) is 10.2 Å². The van der Waals surface area contributed by atoms with Crippen LogP contribution in [-0.4, -0.2) is 20.9 Å². The summed E-state index contributed by atoms with van der Waals surface area (Å²) in [7, 11) is 0. The number of carbonyl (C=O) groups is 1. The van der Waals surface area contributed by atoms with Gasteiger partial charge < -0.3 is 0 Å². The Bertz CT molecular complexity index is 523. The van der Waals surface area contributed by atoms with E-state index in [9.17, 15) is 4.79 Å². The SMILES string of the molecule is Cc1nn2c(Cl)cc(C=O)nc2c1Br. The van der Waals surface area contributed by atoms with Gasteiger partial charge in [-0.15, -0.1) is 0 Å². The second kappa shape index (κ2) is 3.33. The van der Waals surface area contributed by atoms with Crippen LogP contribution in [0.1, 0.15) is 16.2 Å². The molecule has 2 aromatic heterocycles. The number of aryl methyl sites for hydroxylation is 1. The van der Waals surface area contributed by atoms with Crippen LogP contribution in [0.25, 0.3) is 5.65 Å². The Labute approximate surface area is 93.0 Å². The number of nitrogens with zero attached hydrogens (tertiary/aromatic N) is 3. The number of halogens is 2. The molecule has 6 heteroatoms. The van der Waals surface area contributed by atoms with Gasteiger partial charge in [0.25, 0.3) is 0 Å². The lowest BCUT2D eigenvalue weighted by Gasteiger charge is -1.96. The normalized spacial score (nSPS) is 10.8. The highest BCUT2D eigenvalue weighted by Crippen LogP contribution is 2.23. The van der Waals surface area contributed by atoms with Gasteiger partial charge in [0.15, 0.2) is 11.9 Å². The van der Waals surface area contributed by atoms with Crippen LogP contribution < -0.4 is 0 Å². The maximum atomic E-state index is 10.6. The summed E-state index contributed by atoms with van der Waals surface area (Å²) in [6.45, 7) is 1.83. The first kappa shape index (κ1) is 9.61. The molecule has 0 aliphatic carbocycles. The van der Waals surface area contributed by atoms with E-state index in [4.69, 9.17) is 11.6 Å². The molecule has 0 spiro atoms. The Morgan fingerprint density at radius 2 is 2.36 bits per heavy atom. The summed E-state index contributed by atoms with van der Waals surface area (Å²) in [5.74, 6) is 0. The molecule has 0 saturated carbocycles. The van der Waals surface area contributed by atoms with Crippen LogP contribution in [-0.2, 0) is 0 Å². The van der Waals surface area contributed by atoms with E-state index in [1.165, 1.54) is 10.6 Å². The van der Waals surface area contributed by atoms with Crippen molar-refractivity contribution in [2.75, 3.05) is 0 Å². The van der Waals surface area contributed by atoms with Crippen LogP contribution in [0.2, 0.25) is 5.15 Å². The minimum atomic E-state index is 0.295. The summed E-state index contributed by atoms with van der Waals surface area (Å²) in [6, 6.07) is 1.47. The fourth-order valence-corrected chi connectivity index (χ4v) is 1.71. The van der Waals surface area contributed by atoms with Gasteiger partial charge in [-0.2, -0.15) is 5.10 Å². The highest BCUT2D eigenvalue weighted by Gasteiger charge is 2.11. The van der Waals surface area contributed by atoms with Crippen molar-refractivity contribution in [3.63, 3.8) is 0 Å². The Hall–Kier alpha value is -0.940. The Kier molecular flexibility index (Phi) is 2.28. The molecule has 2 heterocycles. The molecule has 0 N–H and O–H groups in total. The van der Waals surface area contributed by atoms with Crippen LogP contribution in [0, 0.1) is 6.92 Å². The van der Waals surface area contributed by atoms with E-state index in [1.807, 2.05) is 6.92 Å². The summed E-state index contributed by atoms with van der Waals surface area (Å²) in [6.07, 6.45) is 0.653. The number of aromatic nitrogens is 3. The first-order chi connectivity index (χ1) is 6.63. The van der Waals surface area contributed by atoms with Crippen molar-refractivity contribution >= 4 is 39.5 Å². The summed E-state index contributed by atoms with van der Waals surface area (Å²) in [4.78, 5) is 14.6. The largest absolute Gasteiger partial charge is 0.296 e. The van der Waals surface area contributed by atoms with Crippen LogP contribution >= 0.6 is 27.5 Å². The van der Waals surface area contributed by atoms with Crippen LogP contribution in [0.5, 0.6) is 0 Å². The van der Waals surface area contributed by atoms with Gasteiger partial charge in [-0.3, -0.25) is 4.79 Å². The van der Waals surface area contributed by atoms with Crippen molar-refractivity contribution < 1.29 is 4.79 Å². The second-order valence-corrected chi connectivity index (χ2v) is 3.94. The molecule has 0 atom stereocenters. The lowest BCUT2D eigenvalue weighted by molar-refractivity contribution is 0.111. The monoisotopic (exact) mass is 273 g/mol. The lowest BCUT2D eigenvalue weighted by atomic mass is 10.4. The minimum absolute atomic E-state index is 0.295. The molecule has 0 aromatic carbocycles. The Balaban J connectivity index is 2.90. The van der Waals surface area contributed by atoms with E-state index in [0.29, 0.717) is 22.8 Å². The molecule has 14 heavy (non-hydrogen) atoms. The van der Waals surface area contributed by atoms with Gasteiger partial charge in [-0.25, -0.2) is 9.50 Å². The van der Waals surface area contributed by atoms with Crippen molar-refractivity contribution in [2.45, 2.75) is 6.92 Å². The molecule has 0 unspecified atom stereocenters. The average molecular weight is 275 g/mol. The average Bonchev–Trinajstić information content (AvgIpc) is 2.45. The maximum absolute atomic E-state index is 10.6. The predicted molar refractivity (Wildman–Crippen MR) is 55.8 cm³/mol. The molecule has 0 amide bonds. The third kappa shape index (κ3) is 1.33. The number of hydrogen-bond donors (Lipinski definition) is 0. The highest BCUT2D eigenvalue weighted by atomic mass is 79.9. The first-order valence-electron chi connectivity index (χ1n) is 3.80. The van der Waals surface area contributed by atoms with Gasteiger partial charge in [0, 0.05) is 6.07 Å². The summed E-state index contributed by atoms with van der Waals surface area (Å²) >= 11 is 9.23. The Morgan fingerprint density at radius 1 is 1.64 bits per heavy atom. The van der Waals surface area contributed by atoms with E-state index < -0.39 is 0 Å². The van der Waals surface area contributed by atoms with E-state index in [2.05, 4.69) is 26.0 Å². The summed E-state index contributed by atoms with van der Waals surface area (Å²) in [5.41, 5.74) is 1.63. The van der Waals surface area contributed by atoms with Crippen LogP contribution in [0.3, 0.4) is 0 Å². The molecular weight excluding hydrogens is 269 g/mol. The third-order valence-electron chi connectivity index (χ3n) is 1.79. The molecule has 2 aromatic rings. The molecule has 0 radical (unpaired) electrons. The van der Waals surface area contributed by atoms with Crippen molar-refractivity contribution in [3.05, 3.63) is 27.1 Å². The second-order valence-electron chi connectivity index (χ2n) is 2.76. The molecule has 0 fully saturated rings. The number of hydrogen-bond acceptors (Lipinski definition) is 3. The molecule has 0 bridgehead atoms. The van der Waals surface area contributed by atoms with Crippen molar-refractivity contribution in [1.29, 1.82) is 0 Å². The molecule has 0 aliphatic rings. The summed E-state index contributed by atoms with van der Waals surface area (Å²) < 4.78 is 2.23. The molecule has 0 saturated heterocycles. The number of aldehydes is 1. The number of carbonyl (C=O) groups excluding carboxylic acids is 1. The van der Waals surface area contributed by atoms with Gasteiger partial charge in [-0.05, 0) is 22.9 Å². The molecule has 72 valence electrons. The molecular formula is C8H5BrClN3O. The summed E-state index contributed by atoms with van der Waals surface area (Å²) in [5, 5.41) is 4.51. The fourth-order valence-electron chi connectivity index (χ4n) is 1.14. The molecule has 2 rings (SSSR count). The predicted octanol–water partition coefficient (Wildman–Crippen LogP) is 2.27. The lowest BCUT2D eigenvalue weighted by Crippen LogP contribution is -1.96. The standard InChI is InChI=1S/C8H5BrClN3O/c1-4-7(9)8-11-5(3-14)2-6(10)13(8)12-4/h2-3H,1H3. The zero-order valence-electron chi connectivity index (χ0n) is 7.16. The van der Waals surface area contributed by atoms with Gasteiger partial charge in [0.05, 0.1) is 10.2 Å². The zero-order valence-corrected chi connectivity index (χ0v) is 9.50. The smallest absolute Gasteiger partial charge is 0.171 e. The third-order valence-corrected chi connectivity index (χ3v) is 2.99. The highest BCUT2D eigenvalue weighted by molar-refractivity contribution is 9.10. The van der Waals surface area contributed by atoms with Crippen molar-refractivity contribution in [1.82, 2.24) is 14.6 Å². The topological polar surface area (TPSA) is 47.3 Å². The van der Waals surface area contributed by atoms with Crippen molar-refractivity contribution in [3.8, 4) is 0 Å². The first-order valence-corrected chi connectivity index (χ1v) is 4.97. The quantitative estimate of drug-likeness (QED) is 0.592. The van der Waals surface area contributed by atoms with Crippen molar-refractivity contribution in [2.24, 2.45) is 0 Å². The van der Waals surface area contributed by atoms with Crippen LogP contribution in [0.15, 0.2) is 10.5 Å². The van der Waals surface area contributed by atoms with E-state index >= 15 is 0 Å². The van der Waals surface area contributed by atoms with E-state index in [-0.39, 0.29) is 0 Å². The van der Waals surface area contributed by atoms with Crippen LogP contribution in [0.4, 0.5) is 0 Å². The van der Waals surface area contributed by atoms with Gasteiger partial charge in [-0.1, -0.05) is 11.6 Å². The van der Waals surface area contributed by atoms with Gasteiger partial charge >= 0.3 is 0 Å².